The van der Waals surface area contributed by atoms with E-state index < -0.39 is 0 Å². The van der Waals surface area contributed by atoms with Gasteiger partial charge in [0.05, 0.1) is 139 Å². The van der Waals surface area contributed by atoms with Crippen molar-refractivity contribution in [3.63, 3.8) is 0 Å². The zero-order valence-corrected chi connectivity index (χ0v) is 31.3. The Morgan fingerprint density at radius 3 is 1.02 bits per heavy atom. The van der Waals surface area contributed by atoms with Gasteiger partial charge in [0, 0.05) is 6.61 Å². The lowest BCUT2D eigenvalue weighted by Crippen LogP contribution is -2.26. The van der Waals surface area contributed by atoms with E-state index in [0.29, 0.717) is 144 Å². The van der Waals surface area contributed by atoms with Crippen molar-refractivity contribution in [2.75, 3.05) is 145 Å². The molecule has 2 N–H and O–H groups in total. The van der Waals surface area contributed by atoms with Gasteiger partial charge in [0.15, 0.2) is 0 Å². The second-order valence-electron chi connectivity index (χ2n) is 12.1. The maximum absolute atomic E-state index is 8.69. The zero-order chi connectivity index (χ0) is 36.8. The first-order chi connectivity index (χ1) is 25.8. The van der Waals surface area contributed by atoms with Crippen LogP contribution in [0.25, 0.3) is 0 Å². The Morgan fingerprint density at radius 2 is 0.654 bits per heavy atom. The molecular formula is C40H66O12. The highest BCUT2D eigenvalue weighted by atomic mass is 16.6. The highest BCUT2D eigenvalue weighted by Crippen LogP contribution is 2.27. The van der Waals surface area contributed by atoms with Gasteiger partial charge in [-0.25, -0.2) is 0 Å². The molecule has 0 spiro atoms. The molecular weight excluding hydrogens is 672 g/mol. The highest BCUT2D eigenvalue weighted by Gasteiger charge is 2.23. The third kappa shape index (κ3) is 27.5. The van der Waals surface area contributed by atoms with Gasteiger partial charge in [-0.2, -0.15) is 0 Å². The largest absolute Gasteiger partial charge is 0.394 e. The summed E-state index contributed by atoms with van der Waals surface area (Å²) in [5.41, 5.74) is 2.66. The van der Waals surface area contributed by atoms with Crippen LogP contribution in [0.15, 0.2) is 60.7 Å². The first kappa shape index (κ1) is 46.1. The van der Waals surface area contributed by atoms with Crippen LogP contribution in [0.2, 0.25) is 0 Å². The number of ether oxygens (including phenoxy) is 10. The highest BCUT2D eigenvalue weighted by molar-refractivity contribution is 5.17. The Kier molecular flexibility index (Phi) is 31.9. The number of rotatable bonds is 39. The van der Waals surface area contributed by atoms with Crippen LogP contribution >= 0.6 is 0 Å². The molecule has 0 radical (unpaired) electrons. The van der Waals surface area contributed by atoms with Crippen molar-refractivity contribution in [2.45, 2.75) is 25.7 Å². The summed E-state index contributed by atoms with van der Waals surface area (Å²) in [6, 6.07) is 21.4. The minimum atomic E-state index is 0.0219. The molecule has 2 rings (SSSR count). The Bertz CT molecular complexity index is 987. The van der Waals surface area contributed by atoms with E-state index in [4.69, 9.17) is 57.6 Å². The molecule has 0 unspecified atom stereocenters. The maximum Gasteiger partial charge on any atom is 0.0701 e. The topological polar surface area (TPSA) is 133 Å². The van der Waals surface area contributed by atoms with Crippen LogP contribution in [0.5, 0.6) is 0 Å². The lowest BCUT2D eigenvalue weighted by Gasteiger charge is -2.28. The van der Waals surface area contributed by atoms with Crippen molar-refractivity contribution in [3.05, 3.63) is 71.8 Å². The van der Waals surface area contributed by atoms with Crippen molar-refractivity contribution in [2.24, 2.45) is 11.8 Å². The lowest BCUT2D eigenvalue weighted by atomic mass is 9.80. The first-order valence-corrected chi connectivity index (χ1v) is 18.9. The van der Waals surface area contributed by atoms with E-state index in [1.54, 1.807) is 0 Å². The van der Waals surface area contributed by atoms with E-state index in [1.807, 2.05) is 0 Å². The molecule has 2 atom stereocenters. The molecule has 0 bridgehead atoms. The second kappa shape index (κ2) is 36.0. The fraction of sp³-hybridized carbons (Fsp3) is 0.700. The number of hydrogen-bond acceptors (Lipinski definition) is 12. The third-order valence-corrected chi connectivity index (χ3v) is 7.99. The fourth-order valence-electron chi connectivity index (χ4n) is 5.37. The summed E-state index contributed by atoms with van der Waals surface area (Å²) < 4.78 is 55.8. The molecule has 0 saturated heterocycles. The van der Waals surface area contributed by atoms with Crippen LogP contribution in [-0.4, -0.2) is 156 Å². The zero-order valence-electron chi connectivity index (χ0n) is 31.3. The molecule has 0 fully saturated rings. The molecule has 2 aromatic rings. The summed E-state index contributed by atoms with van der Waals surface area (Å²) in [5.74, 6) is 0.766. The minimum absolute atomic E-state index is 0.0219. The van der Waals surface area contributed by atoms with Gasteiger partial charge < -0.3 is 57.6 Å². The monoisotopic (exact) mass is 738 g/mol. The van der Waals surface area contributed by atoms with Crippen molar-refractivity contribution < 1.29 is 57.6 Å². The van der Waals surface area contributed by atoms with E-state index in [1.165, 1.54) is 11.1 Å². The SMILES string of the molecule is OCCOCCOCCOCCOCCOCCC[C@@H](Cc1ccccc1)[C@@H](COCCOCCOCCOCCOCCO)Cc1ccccc1. The van der Waals surface area contributed by atoms with Gasteiger partial charge in [0.2, 0.25) is 0 Å². The standard InChI is InChI=1S/C40H66O12/c41-13-16-44-19-22-47-25-28-49-27-24-46-21-18-43-15-7-12-39(34-37-8-3-1-4-9-37)40(35-38-10-5-2-6-11-38)36-52-33-32-51-31-30-50-29-26-48-23-20-45-17-14-42/h1-6,8-11,39-42H,7,12-36H2/t39-,40+/m0/s1. The van der Waals surface area contributed by atoms with Crippen LogP contribution in [0.1, 0.15) is 24.0 Å². The van der Waals surface area contributed by atoms with Crippen LogP contribution in [0.4, 0.5) is 0 Å². The predicted octanol–water partition coefficient (Wildman–Crippen LogP) is 3.64. The summed E-state index contributed by atoms with van der Waals surface area (Å²) in [6.07, 6.45) is 3.93. The summed E-state index contributed by atoms with van der Waals surface area (Å²) in [6.45, 7) is 10.1. The molecule has 0 aliphatic carbocycles. The quantitative estimate of drug-likeness (QED) is 0.0972. The Balaban J connectivity index is 1.65. The number of aliphatic hydroxyl groups excluding tert-OH is 2. The Hall–Kier alpha value is -2.04. The average Bonchev–Trinajstić information content (AvgIpc) is 3.17. The lowest BCUT2D eigenvalue weighted by molar-refractivity contribution is -0.0180. The van der Waals surface area contributed by atoms with Crippen LogP contribution in [0.3, 0.4) is 0 Å². The van der Waals surface area contributed by atoms with Gasteiger partial charge >= 0.3 is 0 Å². The normalized spacial score (nSPS) is 12.7. The van der Waals surface area contributed by atoms with Gasteiger partial charge in [-0.3, -0.25) is 0 Å². The molecule has 12 nitrogen and oxygen atoms in total. The van der Waals surface area contributed by atoms with Gasteiger partial charge in [-0.1, -0.05) is 60.7 Å². The summed E-state index contributed by atoms with van der Waals surface area (Å²) in [7, 11) is 0. The van der Waals surface area contributed by atoms with E-state index in [0.717, 1.165) is 25.7 Å². The van der Waals surface area contributed by atoms with Gasteiger partial charge in [-0.15, -0.1) is 0 Å². The first-order valence-electron chi connectivity index (χ1n) is 18.9. The predicted molar refractivity (Wildman–Crippen MR) is 199 cm³/mol. The van der Waals surface area contributed by atoms with Crippen LogP contribution < -0.4 is 0 Å². The molecule has 12 heteroatoms. The molecule has 0 saturated carbocycles. The van der Waals surface area contributed by atoms with Crippen LogP contribution in [0, 0.1) is 11.8 Å². The maximum atomic E-state index is 8.69. The molecule has 52 heavy (non-hydrogen) atoms. The molecule has 0 aromatic heterocycles. The second-order valence-corrected chi connectivity index (χ2v) is 12.1. The van der Waals surface area contributed by atoms with Crippen molar-refractivity contribution >= 4 is 0 Å². The Labute approximate surface area is 311 Å². The summed E-state index contributed by atoms with van der Waals surface area (Å²) >= 11 is 0. The minimum Gasteiger partial charge on any atom is -0.394 e. The smallest absolute Gasteiger partial charge is 0.0701 e. The summed E-state index contributed by atoms with van der Waals surface area (Å²) in [4.78, 5) is 0. The molecule has 0 heterocycles. The van der Waals surface area contributed by atoms with Gasteiger partial charge in [0.25, 0.3) is 0 Å². The third-order valence-electron chi connectivity index (χ3n) is 7.99. The van der Waals surface area contributed by atoms with Gasteiger partial charge in [0.1, 0.15) is 0 Å². The van der Waals surface area contributed by atoms with E-state index in [9.17, 15) is 0 Å². The number of aliphatic hydroxyl groups is 2. The molecule has 298 valence electrons. The van der Waals surface area contributed by atoms with Gasteiger partial charge in [-0.05, 0) is 48.6 Å². The fourth-order valence-corrected chi connectivity index (χ4v) is 5.37. The molecule has 0 amide bonds. The van der Waals surface area contributed by atoms with Crippen LogP contribution in [-0.2, 0) is 60.2 Å². The van der Waals surface area contributed by atoms with E-state index in [-0.39, 0.29) is 13.2 Å². The average molecular weight is 739 g/mol. The molecule has 0 aliphatic heterocycles. The number of benzene rings is 2. The van der Waals surface area contributed by atoms with Crippen molar-refractivity contribution in [1.29, 1.82) is 0 Å². The molecule has 2 aromatic carbocycles. The molecule has 0 aliphatic rings. The van der Waals surface area contributed by atoms with Crippen molar-refractivity contribution in [1.82, 2.24) is 0 Å². The van der Waals surface area contributed by atoms with Crippen molar-refractivity contribution in [3.8, 4) is 0 Å². The van der Waals surface area contributed by atoms with E-state index in [2.05, 4.69) is 60.7 Å². The summed E-state index contributed by atoms with van der Waals surface area (Å²) in [5, 5.41) is 17.4. The Morgan fingerprint density at radius 1 is 0.346 bits per heavy atom. The van der Waals surface area contributed by atoms with E-state index >= 15 is 0 Å². The number of hydrogen-bond donors (Lipinski definition) is 2.